The third-order valence-electron chi connectivity index (χ3n) is 5.29. The summed E-state index contributed by atoms with van der Waals surface area (Å²) in [4.78, 5) is 45.1. The molecule has 0 atom stereocenters. The second-order valence-corrected chi connectivity index (χ2v) is 7.85. The van der Waals surface area contributed by atoms with Crippen LogP contribution in [0.5, 0.6) is 0 Å². The second kappa shape index (κ2) is 10.6. The maximum Gasteiger partial charge on any atom is 0.343 e. The lowest BCUT2D eigenvalue weighted by Gasteiger charge is -2.15. The van der Waals surface area contributed by atoms with Crippen molar-refractivity contribution < 1.29 is 23.9 Å². The second-order valence-electron chi connectivity index (χ2n) is 7.85. The Kier molecular flexibility index (Phi) is 7.15. The van der Waals surface area contributed by atoms with Gasteiger partial charge in [-0.25, -0.2) is 20.2 Å². The van der Waals surface area contributed by atoms with Crippen LogP contribution in [0.4, 0.5) is 0 Å². The molecule has 0 unspecified atom stereocenters. The number of hydrogen-bond acceptors (Lipinski definition) is 8. The van der Waals surface area contributed by atoms with Crippen LogP contribution in [0.1, 0.15) is 44.7 Å². The van der Waals surface area contributed by atoms with Crippen molar-refractivity contribution in [1.29, 1.82) is 0 Å². The minimum Gasteiger partial charge on any atom is -0.428 e. The first-order valence-electron chi connectivity index (χ1n) is 11.0. The van der Waals surface area contributed by atoms with Crippen LogP contribution in [0, 0.1) is 13.8 Å². The lowest BCUT2D eigenvalue weighted by Crippen LogP contribution is -2.20. The quantitative estimate of drug-likeness (QED) is 0.184. The number of hydrogen-bond donors (Lipinski definition) is 1. The van der Waals surface area contributed by atoms with Crippen molar-refractivity contribution in [1.82, 2.24) is 20.0 Å². The Morgan fingerprint density at radius 2 is 1.81 bits per heavy atom. The molecule has 0 aliphatic carbocycles. The fraction of sp³-hybridized carbons (Fsp3) is 0.154. The molecule has 0 saturated carbocycles. The number of nitrogens with one attached hydrogen (secondary N) is 1. The monoisotopic (exact) mass is 485 g/mol. The molecule has 10 heteroatoms. The standard InChI is InChI=1S/C26H23N5O5/c1-16-6-7-17(2)31(16)23-13-20(9-11-22(23)26(34)36-15-35-18(3)32)25(33)30-28-14-21-10-8-19-5-4-12-27-24(19)29-21/h4-14H,15H2,1-3H3,(H,30,33). The topological polar surface area (TPSA) is 125 Å². The van der Waals surface area contributed by atoms with Crippen molar-refractivity contribution >= 4 is 35.1 Å². The van der Waals surface area contributed by atoms with Crippen LogP contribution in [0.15, 0.2) is 65.9 Å². The van der Waals surface area contributed by atoms with Gasteiger partial charge >= 0.3 is 11.9 Å². The van der Waals surface area contributed by atoms with Gasteiger partial charge in [0.05, 0.1) is 23.2 Å². The van der Waals surface area contributed by atoms with Gasteiger partial charge in [0.25, 0.3) is 5.91 Å². The molecule has 1 N–H and O–H groups in total. The molecule has 0 saturated heterocycles. The Bertz CT molecular complexity index is 1470. The third kappa shape index (κ3) is 5.44. The number of ether oxygens (including phenoxy) is 2. The number of aryl methyl sites for hydroxylation is 2. The molecular weight excluding hydrogens is 462 g/mol. The minimum absolute atomic E-state index is 0.206. The van der Waals surface area contributed by atoms with E-state index < -0.39 is 24.6 Å². The van der Waals surface area contributed by atoms with Crippen LogP contribution in [0.3, 0.4) is 0 Å². The number of carbonyl (C=O) groups is 3. The maximum absolute atomic E-state index is 12.8. The van der Waals surface area contributed by atoms with E-state index >= 15 is 0 Å². The molecule has 1 amide bonds. The largest absolute Gasteiger partial charge is 0.428 e. The molecule has 3 heterocycles. The van der Waals surface area contributed by atoms with Gasteiger partial charge in [0.15, 0.2) is 5.65 Å². The van der Waals surface area contributed by atoms with E-state index in [-0.39, 0.29) is 11.1 Å². The van der Waals surface area contributed by atoms with Crippen LogP contribution in [0.2, 0.25) is 0 Å². The van der Waals surface area contributed by atoms with E-state index in [2.05, 4.69) is 20.5 Å². The number of hydrazone groups is 1. The summed E-state index contributed by atoms with van der Waals surface area (Å²) in [5.74, 6) is -1.74. The molecule has 3 aromatic heterocycles. The maximum atomic E-state index is 12.8. The molecule has 1 aromatic carbocycles. The number of fused-ring (bicyclic) bond motifs is 1. The van der Waals surface area contributed by atoms with Gasteiger partial charge in [-0.3, -0.25) is 9.59 Å². The van der Waals surface area contributed by atoms with Crippen molar-refractivity contribution in [2.24, 2.45) is 5.10 Å². The Hall–Kier alpha value is -4.86. The van der Waals surface area contributed by atoms with Gasteiger partial charge < -0.3 is 14.0 Å². The molecule has 0 bridgehead atoms. The predicted molar refractivity (Wildman–Crippen MR) is 132 cm³/mol. The molecule has 36 heavy (non-hydrogen) atoms. The zero-order chi connectivity index (χ0) is 25.7. The van der Waals surface area contributed by atoms with Crippen molar-refractivity contribution in [2.45, 2.75) is 20.8 Å². The average molecular weight is 486 g/mol. The summed E-state index contributed by atoms with van der Waals surface area (Å²) in [5.41, 5.74) is 6.23. The first kappa shape index (κ1) is 24.3. The van der Waals surface area contributed by atoms with Gasteiger partial charge in [-0.15, -0.1) is 0 Å². The number of carbonyl (C=O) groups excluding carboxylic acids is 3. The number of rotatable bonds is 7. The average Bonchev–Trinajstić information content (AvgIpc) is 3.20. The Morgan fingerprint density at radius 1 is 1.03 bits per heavy atom. The van der Waals surface area contributed by atoms with E-state index in [9.17, 15) is 14.4 Å². The molecule has 0 radical (unpaired) electrons. The highest BCUT2D eigenvalue weighted by molar-refractivity contribution is 5.99. The van der Waals surface area contributed by atoms with E-state index in [1.54, 1.807) is 18.3 Å². The van der Waals surface area contributed by atoms with Gasteiger partial charge in [-0.1, -0.05) is 0 Å². The van der Waals surface area contributed by atoms with Crippen LogP contribution in [-0.2, 0) is 14.3 Å². The zero-order valence-corrected chi connectivity index (χ0v) is 19.9. The molecule has 4 rings (SSSR count). The van der Waals surface area contributed by atoms with Crippen LogP contribution >= 0.6 is 0 Å². The Balaban J connectivity index is 1.57. The first-order chi connectivity index (χ1) is 17.3. The SMILES string of the molecule is CC(=O)OCOC(=O)c1ccc(C(=O)NN=Cc2ccc3cccnc3n2)cc1-n1c(C)ccc1C. The lowest BCUT2D eigenvalue weighted by molar-refractivity contribution is -0.149. The summed E-state index contributed by atoms with van der Waals surface area (Å²) >= 11 is 0. The van der Waals surface area contributed by atoms with Gasteiger partial charge in [0, 0.05) is 35.5 Å². The fourth-order valence-corrected chi connectivity index (χ4v) is 3.58. The summed E-state index contributed by atoms with van der Waals surface area (Å²) < 4.78 is 11.6. The van der Waals surface area contributed by atoms with Crippen molar-refractivity contribution in [3.8, 4) is 5.69 Å². The van der Waals surface area contributed by atoms with Gasteiger partial charge in [0.2, 0.25) is 6.79 Å². The highest BCUT2D eigenvalue weighted by Gasteiger charge is 2.19. The summed E-state index contributed by atoms with van der Waals surface area (Å²) in [6, 6.07) is 15.7. The van der Waals surface area contributed by atoms with E-state index in [1.807, 2.05) is 48.7 Å². The number of esters is 2. The molecule has 182 valence electrons. The van der Waals surface area contributed by atoms with E-state index in [1.165, 1.54) is 25.3 Å². The molecule has 0 aliphatic rings. The van der Waals surface area contributed by atoms with E-state index in [4.69, 9.17) is 9.47 Å². The van der Waals surface area contributed by atoms with Crippen molar-refractivity contribution in [3.63, 3.8) is 0 Å². The molecule has 0 aliphatic heterocycles. The van der Waals surface area contributed by atoms with Crippen LogP contribution in [-0.4, -0.2) is 45.4 Å². The Labute approximate surface area is 206 Å². The number of amides is 1. The molecular formula is C26H23N5O5. The normalized spacial score (nSPS) is 11.0. The van der Waals surface area contributed by atoms with Gasteiger partial charge in [0.1, 0.15) is 0 Å². The number of benzene rings is 1. The smallest absolute Gasteiger partial charge is 0.343 e. The third-order valence-corrected chi connectivity index (χ3v) is 5.29. The van der Waals surface area contributed by atoms with E-state index in [0.29, 0.717) is 17.0 Å². The van der Waals surface area contributed by atoms with Gasteiger partial charge in [-0.05, 0) is 68.4 Å². The van der Waals surface area contributed by atoms with Crippen molar-refractivity contribution in [2.75, 3.05) is 6.79 Å². The van der Waals surface area contributed by atoms with Crippen LogP contribution in [0.25, 0.3) is 16.7 Å². The van der Waals surface area contributed by atoms with E-state index in [0.717, 1.165) is 16.8 Å². The molecule has 10 nitrogen and oxygen atoms in total. The van der Waals surface area contributed by atoms with Crippen molar-refractivity contribution in [3.05, 3.63) is 89.0 Å². The molecule has 0 spiro atoms. The first-order valence-corrected chi connectivity index (χ1v) is 11.0. The summed E-state index contributed by atoms with van der Waals surface area (Å²) in [5, 5.41) is 4.90. The summed E-state index contributed by atoms with van der Waals surface area (Å²) in [6.07, 6.45) is 3.08. The number of nitrogens with zero attached hydrogens (tertiary/aromatic N) is 4. The number of aromatic nitrogens is 3. The molecule has 0 fully saturated rings. The molecule has 4 aromatic rings. The Morgan fingerprint density at radius 3 is 2.56 bits per heavy atom. The van der Waals surface area contributed by atoms with Crippen LogP contribution < -0.4 is 5.43 Å². The highest BCUT2D eigenvalue weighted by atomic mass is 16.7. The fourth-order valence-electron chi connectivity index (χ4n) is 3.58. The summed E-state index contributed by atoms with van der Waals surface area (Å²) in [7, 11) is 0. The lowest BCUT2D eigenvalue weighted by atomic mass is 10.1. The highest BCUT2D eigenvalue weighted by Crippen LogP contribution is 2.23. The number of pyridine rings is 2. The van der Waals surface area contributed by atoms with Gasteiger partial charge in [-0.2, -0.15) is 5.10 Å². The zero-order valence-electron chi connectivity index (χ0n) is 19.9. The predicted octanol–water partition coefficient (Wildman–Crippen LogP) is 3.48. The summed E-state index contributed by atoms with van der Waals surface area (Å²) in [6.45, 7) is 4.47. The minimum atomic E-state index is -0.695.